The van der Waals surface area contributed by atoms with Crippen LogP contribution in [0.5, 0.6) is 0 Å². The third-order valence-electron chi connectivity index (χ3n) is 4.50. The van der Waals surface area contributed by atoms with Crippen LogP contribution in [0.4, 0.5) is 4.79 Å². The normalized spacial score (nSPS) is 24.3. The van der Waals surface area contributed by atoms with Gasteiger partial charge < -0.3 is 10.2 Å². The Balaban J connectivity index is 1.50. The summed E-state index contributed by atoms with van der Waals surface area (Å²) >= 11 is 0. The minimum absolute atomic E-state index is 0.148. The summed E-state index contributed by atoms with van der Waals surface area (Å²) in [7, 11) is -3.06. The van der Waals surface area contributed by atoms with E-state index in [4.69, 9.17) is 0 Å². The summed E-state index contributed by atoms with van der Waals surface area (Å²) in [6.07, 6.45) is 2.78. The summed E-state index contributed by atoms with van der Waals surface area (Å²) in [6, 6.07) is 8.12. The van der Waals surface area contributed by atoms with Crippen molar-refractivity contribution < 1.29 is 13.2 Å². The minimum Gasteiger partial charge on any atom is -0.337 e. The van der Waals surface area contributed by atoms with Gasteiger partial charge in [-0.15, -0.1) is 0 Å². The SMILES string of the molecule is CS(=O)(=O)[C@@H]1CCN(C(=O)NC[C@@H]2Cc3ccccc32)C1. The summed E-state index contributed by atoms with van der Waals surface area (Å²) < 4.78 is 23.0. The molecule has 1 heterocycles. The Morgan fingerprint density at radius 2 is 2.14 bits per heavy atom. The van der Waals surface area contributed by atoms with Gasteiger partial charge in [-0.3, -0.25) is 0 Å². The molecule has 21 heavy (non-hydrogen) atoms. The number of urea groups is 1. The number of nitrogens with one attached hydrogen (secondary N) is 1. The van der Waals surface area contributed by atoms with Crippen molar-refractivity contribution in [1.82, 2.24) is 10.2 Å². The van der Waals surface area contributed by atoms with Gasteiger partial charge in [0.05, 0.1) is 5.25 Å². The third-order valence-corrected chi connectivity index (χ3v) is 6.09. The van der Waals surface area contributed by atoms with Crippen LogP contribution >= 0.6 is 0 Å². The standard InChI is InChI=1S/C15H20N2O3S/c1-21(19,20)13-6-7-17(10-13)15(18)16-9-12-8-11-4-2-3-5-14(11)12/h2-5,12-13H,6-10H2,1H3,(H,16,18)/t12-,13+/m0/s1. The molecule has 3 rings (SSSR count). The first-order chi connectivity index (χ1) is 9.95. The number of rotatable bonds is 3. The Kier molecular flexibility index (Phi) is 3.65. The number of hydrogen-bond donors (Lipinski definition) is 1. The van der Waals surface area contributed by atoms with Crippen LogP contribution in [-0.2, 0) is 16.3 Å². The number of amides is 2. The number of benzene rings is 1. The molecule has 2 aliphatic rings. The summed E-state index contributed by atoms with van der Waals surface area (Å²) in [4.78, 5) is 13.7. The summed E-state index contributed by atoms with van der Waals surface area (Å²) in [6.45, 7) is 1.45. The molecule has 0 bridgehead atoms. The fourth-order valence-electron chi connectivity index (χ4n) is 3.13. The van der Waals surface area contributed by atoms with Crippen molar-refractivity contribution in [3.05, 3.63) is 35.4 Å². The average molecular weight is 308 g/mol. The molecule has 0 unspecified atom stereocenters. The number of carbonyl (C=O) groups excluding carboxylic acids is 1. The number of fused-ring (bicyclic) bond motifs is 1. The van der Waals surface area contributed by atoms with E-state index in [0.717, 1.165) is 6.42 Å². The highest BCUT2D eigenvalue weighted by Crippen LogP contribution is 2.34. The topological polar surface area (TPSA) is 66.5 Å². The lowest BCUT2D eigenvalue weighted by atomic mass is 9.78. The smallest absolute Gasteiger partial charge is 0.317 e. The number of nitrogens with zero attached hydrogens (tertiary/aromatic N) is 1. The van der Waals surface area contributed by atoms with Crippen molar-refractivity contribution in [3.8, 4) is 0 Å². The summed E-state index contributed by atoms with van der Waals surface area (Å²) in [5.74, 6) is 0.387. The van der Waals surface area contributed by atoms with Gasteiger partial charge in [0.15, 0.2) is 9.84 Å². The molecule has 1 N–H and O–H groups in total. The molecule has 1 aromatic rings. The number of carbonyl (C=O) groups is 1. The maximum atomic E-state index is 12.1. The molecule has 114 valence electrons. The van der Waals surface area contributed by atoms with Crippen LogP contribution in [0.25, 0.3) is 0 Å². The second-order valence-electron chi connectivity index (χ2n) is 5.97. The van der Waals surface area contributed by atoms with Crippen LogP contribution in [0.1, 0.15) is 23.5 Å². The van der Waals surface area contributed by atoms with Gasteiger partial charge in [-0.1, -0.05) is 24.3 Å². The van der Waals surface area contributed by atoms with Gasteiger partial charge in [-0.05, 0) is 24.0 Å². The first kappa shape index (κ1) is 14.4. The van der Waals surface area contributed by atoms with Crippen LogP contribution in [0.15, 0.2) is 24.3 Å². The monoisotopic (exact) mass is 308 g/mol. The maximum Gasteiger partial charge on any atom is 0.317 e. The van der Waals surface area contributed by atoms with Crippen molar-refractivity contribution in [1.29, 1.82) is 0 Å². The highest BCUT2D eigenvalue weighted by Gasteiger charge is 2.33. The van der Waals surface area contributed by atoms with Gasteiger partial charge in [0.25, 0.3) is 0 Å². The van der Waals surface area contributed by atoms with Crippen molar-refractivity contribution >= 4 is 15.9 Å². The molecule has 1 aromatic carbocycles. The Bertz CT molecular complexity index is 657. The molecule has 0 aromatic heterocycles. The van der Waals surface area contributed by atoms with Crippen LogP contribution in [0, 0.1) is 0 Å². The zero-order chi connectivity index (χ0) is 15.0. The lowest BCUT2D eigenvalue weighted by molar-refractivity contribution is 0.208. The van der Waals surface area contributed by atoms with Gasteiger partial charge in [0, 0.05) is 31.8 Å². The number of sulfone groups is 1. The number of likely N-dealkylation sites (tertiary alicyclic amines) is 1. The van der Waals surface area contributed by atoms with Crippen molar-refractivity contribution in [3.63, 3.8) is 0 Å². The Morgan fingerprint density at radius 1 is 1.38 bits per heavy atom. The van der Waals surface area contributed by atoms with E-state index in [0.29, 0.717) is 32.0 Å². The van der Waals surface area contributed by atoms with Crippen LogP contribution in [0.2, 0.25) is 0 Å². The fourth-order valence-corrected chi connectivity index (χ4v) is 4.11. The first-order valence-electron chi connectivity index (χ1n) is 7.24. The molecule has 5 nitrogen and oxygen atoms in total. The van der Waals surface area contributed by atoms with Gasteiger partial charge >= 0.3 is 6.03 Å². The number of hydrogen-bond acceptors (Lipinski definition) is 3. The van der Waals surface area contributed by atoms with E-state index >= 15 is 0 Å². The molecule has 2 amide bonds. The molecular formula is C15H20N2O3S. The predicted molar refractivity (Wildman–Crippen MR) is 81.1 cm³/mol. The molecule has 1 fully saturated rings. The van der Waals surface area contributed by atoms with Crippen molar-refractivity contribution in [2.24, 2.45) is 0 Å². The summed E-state index contributed by atoms with van der Waals surface area (Å²) in [5, 5.41) is 2.52. The molecule has 6 heteroatoms. The second kappa shape index (κ2) is 5.33. The molecule has 0 saturated carbocycles. The summed E-state index contributed by atoms with van der Waals surface area (Å²) in [5.41, 5.74) is 2.67. The van der Waals surface area contributed by atoms with Gasteiger partial charge in [0.2, 0.25) is 0 Å². The molecule has 1 aliphatic carbocycles. The largest absolute Gasteiger partial charge is 0.337 e. The molecule has 0 spiro atoms. The zero-order valence-corrected chi connectivity index (χ0v) is 12.9. The van der Waals surface area contributed by atoms with Crippen molar-refractivity contribution in [2.45, 2.75) is 24.0 Å². The highest BCUT2D eigenvalue weighted by atomic mass is 32.2. The second-order valence-corrected chi connectivity index (χ2v) is 8.30. The Hall–Kier alpha value is -1.56. The van der Waals surface area contributed by atoms with Crippen molar-refractivity contribution in [2.75, 3.05) is 25.9 Å². The lowest BCUT2D eigenvalue weighted by Crippen LogP contribution is -2.42. The molecule has 1 saturated heterocycles. The van der Waals surface area contributed by atoms with E-state index in [-0.39, 0.29) is 6.03 Å². The maximum absolute atomic E-state index is 12.1. The first-order valence-corrected chi connectivity index (χ1v) is 9.20. The average Bonchev–Trinajstić information content (AvgIpc) is 2.89. The van der Waals surface area contributed by atoms with Gasteiger partial charge in [-0.25, -0.2) is 13.2 Å². The van der Waals surface area contributed by atoms with Crippen LogP contribution in [-0.4, -0.2) is 50.5 Å². The predicted octanol–water partition coefficient (Wildman–Crippen LogP) is 1.15. The van der Waals surface area contributed by atoms with Crippen LogP contribution in [0.3, 0.4) is 0 Å². The minimum atomic E-state index is -3.06. The molecule has 0 radical (unpaired) electrons. The molecular weight excluding hydrogens is 288 g/mol. The highest BCUT2D eigenvalue weighted by molar-refractivity contribution is 7.91. The Labute approximate surface area is 125 Å². The van der Waals surface area contributed by atoms with Crippen LogP contribution < -0.4 is 5.32 Å². The lowest BCUT2D eigenvalue weighted by Gasteiger charge is -2.30. The third kappa shape index (κ3) is 2.90. The quantitative estimate of drug-likeness (QED) is 0.911. The Morgan fingerprint density at radius 3 is 2.81 bits per heavy atom. The van der Waals surface area contributed by atoms with Gasteiger partial charge in [0.1, 0.15) is 0 Å². The van der Waals surface area contributed by atoms with E-state index in [2.05, 4.69) is 17.4 Å². The van der Waals surface area contributed by atoms with E-state index < -0.39 is 15.1 Å². The van der Waals surface area contributed by atoms with E-state index in [9.17, 15) is 13.2 Å². The fraction of sp³-hybridized carbons (Fsp3) is 0.533. The van der Waals surface area contributed by atoms with E-state index in [1.54, 1.807) is 4.90 Å². The van der Waals surface area contributed by atoms with E-state index in [1.165, 1.54) is 17.4 Å². The van der Waals surface area contributed by atoms with Gasteiger partial charge in [-0.2, -0.15) is 0 Å². The van der Waals surface area contributed by atoms with E-state index in [1.807, 2.05) is 12.1 Å². The zero-order valence-electron chi connectivity index (χ0n) is 12.1. The molecule has 2 atom stereocenters. The molecule has 1 aliphatic heterocycles.